The summed E-state index contributed by atoms with van der Waals surface area (Å²) in [6, 6.07) is 7.68. The Balaban J connectivity index is 1.69. The largest absolute Gasteiger partial charge is 0.344 e. The van der Waals surface area contributed by atoms with Gasteiger partial charge in [-0.05, 0) is 55.2 Å². The number of fused-ring (bicyclic) bond motifs is 1. The number of hydrogen-bond acceptors (Lipinski definition) is 3. The average Bonchev–Trinajstić information content (AvgIpc) is 2.99. The van der Waals surface area contributed by atoms with Crippen LogP contribution in [0, 0.1) is 11.7 Å². The minimum absolute atomic E-state index is 0.00159. The Morgan fingerprint density at radius 1 is 1.25 bits per heavy atom. The van der Waals surface area contributed by atoms with Gasteiger partial charge in [-0.15, -0.1) is 11.3 Å². The summed E-state index contributed by atoms with van der Waals surface area (Å²) >= 11 is 1.53. The number of aryl methyl sites for hydroxylation is 1. The molecular weight excluding hydrogens is 327 g/mol. The van der Waals surface area contributed by atoms with Crippen LogP contribution in [0.1, 0.15) is 26.5 Å². The van der Waals surface area contributed by atoms with E-state index in [0.29, 0.717) is 12.1 Å². The third-order valence-corrected chi connectivity index (χ3v) is 5.41. The number of halogens is 1. The summed E-state index contributed by atoms with van der Waals surface area (Å²) in [5, 5.41) is 2.84. The lowest BCUT2D eigenvalue weighted by Gasteiger charge is -2.21. The first-order valence-corrected chi connectivity index (χ1v) is 8.65. The number of benzene rings is 1. The molecular formula is C18H19FN2O2S. The summed E-state index contributed by atoms with van der Waals surface area (Å²) in [4.78, 5) is 28.0. The van der Waals surface area contributed by atoms with Crippen LogP contribution >= 0.6 is 11.3 Å². The summed E-state index contributed by atoms with van der Waals surface area (Å²) in [6.45, 7) is 0. The number of amides is 2. The maximum Gasteiger partial charge on any atom is 0.263 e. The summed E-state index contributed by atoms with van der Waals surface area (Å²) in [7, 11) is 3.47. The van der Waals surface area contributed by atoms with Crippen molar-refractivity contribution in [3.63, 3.8) is 0 Å². The Hall–Kier alpha value is -2.21. The van der Waals surface area contributed by atoms with Crippen molar-refractivity contribution in [3.05, 3.63) is 51.5 Å². The van der Waals surface area contributed by atoms with Gasteiger partial charge >= 0.3 is 0 Å². The van der Waals surface area contributed by atoms with E-state index in [1.807, 2.05) is 6.07 Å². The first-order valence-electron chi connectivity index (χ1n) is 7.83. The van der Waals surface area contributed by atoms with Crippen LogP contribution in [0.4, 0.5) is 10.1 Å². The molecule has 126 valence electrons. The second-order valence-corrected chi connectivity index (χ2v) is 7.33. The molecule has 1 aromatic carbocycles. The highest BCUT2D eigenvalue weighted by Gasteiger charge is 2.27. The molecule has 1 aromatic heterocycles. The fourth-order valence-electron chi connectivity index (χ4n) is 2.85. The van der Waals surface area contributed by atoms with Crippen molar-refractivity contribution < 1.29 is 14.0 Å². The molecule has 1 aliphatic carbocycles. The predicted octanol–water partition coefficient (Wildman–Crippen LogP) is 3.33. The molecule has 0 spiro atoms. The van der Waals surface area contributed by atoms with Crippen LogP contribution in [0.3, 0.4) is 0 Å². The molecule has 2 amide bonds. The van der Waals surface area contributed by atoms with Crippen molar-refractivity contribution in [3.8, 4) is 0 Å². The zero-order chi connectivity index (χ0) is 17.3. The molecule has 2 aromatic rings. The zero-order valence-electron chi connectivity index (χ0n) is 13.6. The van der Waals surface area contributed by atoms with Gasteiger partial charge in [-0.3, -0.25) is 9.59 Å². The summed E-state index contributed by atoms with van der Waals surface area (Å²) in [5.74, 6) is -0.508. The SMILES string of the molecule is CN(C)C(=O)c1cc2c(s1)CC[C@H](C(=O)Nc1ccc(F)cc1)C2. The molecule has 24 heavy (non-hydrogen) atoms. The molecule has 3 rings (SSSR count). The van der Waals surface area contributed by atoms with E-state index >= 15 is 0 Å². The molecule has 6 heteroatoms. The van der Waals surface area contributed by atoms with E-state index in [4.69, 9.17) is 0 Å². The summed E-state index contributed by atoms with van der Waals surface area (Å²) < 4.78 is 12.9. The van der Waals surface area contributed by atoms with Crippen molar-refractivity contribution in [1.29, 1.82) is 0 Å². The van der Waals surface area contributed by atoms with E-state index in [9.17, 15) is 14.0 Å². The van der Waals surface area contributed by atoms with Crippen LogP contribution in [0.25, 0.3) is 0 Å². The number of hydrogen-bond donors (Lipinski definition) is 1. The fourth-order valence-corrected chi connectivity index (χ4v) is 4.08. The van der Waals surface area contributed by atoms with E-state index in [2.05, 4.69) is 5.32 Å². The fraction of sp³-hybridized carbons (Fsp3) is 0.333. The van der Waals surface area contributed by atoms with Crippen LogP contribution in [0.15, 0.2) is 30.3 Å². The normalized spacial score (nSPS) is 16.4. The highest BCUT2D eigenvalue weighted by Crippen LogP contribution is 2.33. The lowest BCUT2D eigenvalue weighted by atomic mass is 9.87. The number of thiophene rings is 1. The highest BCUT2D eigenvalue weighted by atomic mass is 32.1. The standard InChI is InChI=1S/C18H19FN2O2S/c1-21(2)18(23)16-10-12-9-11(3-8-15(12)24-16)17(22)20-14-6-4-13(19)5-7-14/h4-7,10-11H,3,8-9H2,1-2H3,(H,20,22)/t11-/m0/s1. The second kappa shape index (κ2) is 6.73. The van der Waals surface area contributed by atoms with Gasteiger partial charge in [-0.2, -0.15) is 0 Å². The molecule has 1 atom stereocenters. The number of nitrogens with one attached hydrogen (secondary N) is 1. The molecule has 1 aliphatic rings. The zero-order valence-corrected chi connectivity index (χ0v) is 14.5. The van der Waals surface area contributed by atoms with Crippen LogP contribution in [-0.2, 0) is 17.6 Å². The third-order valence-electron chi connectivity index (χ3n) is 4.18. The molecule has 1 N–H and O–H groups in total. The minimum atomic E-state index is -0.327. The lowest BCUT2D eigenvalue weighted by molar-refractivity contribution is -0.120. The van der Waals surface area contributed by atoms with Gasteiger partial charge in [0, 0.05) is 30.6 Å². The molecule has 0 radical (unpaired) electrons. The maximum atomic E-state index is 12.9. The molecule has 0 saturated heterocycles. The van der Waals surface area contributed by atoms with E-state index < -0.39 is 0 Å². The molecule has 1 heterocycles. The van der Waals surface area contributed by atoms with Gasteiger partial charge in [0.05, 0.1) is 4.88 Å². The van der Waals surface area contributed by atoms with E-state index in [1.54, 1.807) is 31.1 Å². The summed E-state index contributed by atoms with van der Waals surface area (Å²) in [6.07, 6.45) is 2.21. The minimum Gasteiger partial charge on any atom is -0.344 e. The number of anilines is 1. The third kappa shape index (κ3) is 3.48. The van der Waals surface area contributed by atoms with E-state index in [0.717, 1.165) is 23.3 Å². The molecule has 0 aliphatic heterocycles. The Bertz CT molecular complexity index is 768. The number of carbonyl (C=O) groups excluding carboxylic acids is 2. The van der Waals surface area contributed by atoms with Crippen molar-refractivity contribution in [1.82, 2.24) is 4.90 Å². The Morgan fingerprint density at radius 2 is 1.96 bits per heavy atom. The van der Waals surface area contributed by atoms with E-state index in [1.165, 1.54) is 28.3 Å². The predicted molar refractivity (Wildman–Crippen MR) is 92.9 cm³/mol. The van der Waals surface area contributed by atoms with Gasteiger partial charge in [0.1, 0.15) is 5.82 Å². The molecule has 0 saturated carbocycles. The van der Waals surface area contributed by atoms with Gasteiger partial charge in [0.2, 0.25) is 5.91 Å². The lowest BCUT2D eigenvalue weighted by Crippen LogP contribution is -2.27. The number of rotatable bonds is 3. The first kappa shape index (κ1) is 16.6. The number of nitrogens with zero attached hydrogens (tertiary/aromatic N) is 1. The van der Waals surface area contributed by atoms with Crippen molar-refractivity contribution in [2.75, 3.05) is 19.4 Å². The topological polar surface area (TPSA) is 49.4 Å². The van der Waals surface area contributed by atoms with Gasteiger partial charge in [0.15, 0.2) is 0 Å². The summed E-state index contributed by atoms with van der Waals surface area (Å²) in [5.41, 5.74) is 1.69. The monoisotopic (exact) mass is 346 g/mol. The van der Waals surface area contributed by atoms with Crippen molar-refractivity contribution in [2.24, 2.45) is 5.92 Å². The molecule has 0 unspecified atom stereocenters. The Morgan fingerprint density at radius 3 is 2.62 bits per heavy atom. The highest BCUT2D eigenvalue weighted by molar-refractivity contribution is 7.14. The smallest absolute Gasteiger partial charge is 0.263 e. The Labute approximate surface area is 144 Å². The molecule has 0 fully saturated rings. The van der Waals surface area contributed by atoms with Gasteiger partial charge in [0.25, 0.3) is 5.91 Å². The Kier molecular flexibility index (Phi) is 4.66. The van der Waals surface area contributed by atoms with Crippen LogP contribution in [-0.4, -0.2) is 30.8 Å². The van der Waals surface area contributed by atoms with Crippen molar-refractivity contribution >= 4 is 28.8 Å². The van der Waals surface area contributed by atoms with Gasteiger partial charge in [-0.1, -0.05) is 0 Å². The van der Waals surface area contributed by atoms with Crippen molar-refractivity contribution in [2.45, 2.75) is 19.3 Å². The van der Waals surface area contributed by atoms with Gasteiger partial charge < -0.3 is 10.2 Å². The number of carbonyl (C=O) groups is 2. The maximum absolute atomic E-state index is 12.9. The van der Waals surface area contributed by atoms with Crippen LogP contribution < -0.4 is 5.32 Å². The van der Waals surface area contributed by atoms with E-state index in [-0.39, 0.29) is 23.5 Å². The van der Waals surface area contributed by atoms with Crippen LogP contribution in [0.2, 0.25) is 0 Å². The average molecular weight is 346 g/mol. The van der Waals surface area contributed by atoms with Crippen LogP contribution in [0.5, 0.6) is 0 Å². The first-order chi connectivity index (χ1) is 11.4. The molecule has 0 bridgehead atoms. The quantitative estimate of drug-likeness (QED) is 0.927. The second-order valence-electron chi connectivity index (χ2n) is 6.19. The van der Waals surface area contributed by atoms with Gasteiger partial charge in [-0.25, -0.2) is 4.39 Å². The molecule has 4 nitrogen and oxygen atoms in total.